The molecule has 0 spiro atoms. The predicted molar refractivity (Wildman–Crippen MR) is 81.9 cm³/mol. The van der Waals surface area contributed by atoms with Crippen molar-refractivity contribution in [1.82, 2.24) is 10.5 Å². The SMILES string of the molecule is CC[C@H](C(=O)N[C@H](C)c1ccc(F)cc1F)c1c(C)noc1C. The predicted octanol–water partition coefficient (Wildman–Crippen LogP) is 3.94. The van der Waals surface area contributed by atoms with Crippen molar-refractivity contribution in [2.24, 2.45) is 0 Å². The average molecular weight is 322 g/mol. The van der Waals surface area contributed by atoms with Gasteiger partial charge < -0.3 is 9.84 Å². The number of carbonyl (C=O) groups excluding carboxylic acids is 1. The summed E-state index contributed by atoms with van der Waals surface area (Å²) < 4.78 is 31.9. The summed E-state index contributed by atoms with van der Waals surface area (Å²) in [5.41, 5.74) is 1.68. The van der Waals surface area contributed by atoms with Crippen LogP contribution in [0.2, 0.25) is 0 Å². The van der Waals surface area contributed by atoms with Crippen molar-refractivity contribution in [3.05, 3.63) is 52.4 Å². The van der Waals surface area contributed by atoms with Gasteiger partial charge in [-0.05, 0) is 33.3 Å². The zero-order chi connectivity index (χ0) is 17.1. The molecule has 4 nitrogen and oxygen atoms in total. The number of amides is 1. The molecule has 0 saturated heterocycles. The van der Waals surface area contributed by atoms with E-state index in [1.807, 2.05) is 6.92 Å². The van der Waals surface area contributed by atoms with Gasteiger partial charge in [0.25, 0.3) is 0 Å². The van der Waals surface area contributed by atoms with Crippen LogP contribution in [0, 0.1) is 25.5 Å². The van der Waals surface area contributed by atoms with Gasteiger partial charge in [0, 0.05) is 17.2 Å². The molecule has 0 radical (unpaired) electrons. The van der Waals surface area contributed by atoms with Crippen molar-refractivity contribution in [3.63, 3.8) is 0 Å². The Hall–Kier alpha value is -2.24. The summed E-state index contributed by atoms with van der Waals surface area (Å²) >= 11 is 0. The molecule has 0 fully saturated rings. The van der Waals surface area contributed by atoms with E-state index in [1.165, 1.54) is 12.1 Å². The Morgan fingerprint density at radius 2 is 2.04 bits per heavy atom. The van der Waals surface area contributed by atoms with Gasteiger partial charge >= 0.3 is 0 Å². The molecular weight excluding hydrogens is 302 g/mol. The molecule has 2 rings (SSSR count). The van der Waals surface area contributed by atoms with Gasteiger partial charge in [-0.3, -0.25) is 4.79 Å². The molecule has 1 aromatic heterocycles. The lowest BCUT2D eigenvalue weighted by atomic mass is 9.93. The fourth-order valence-corrected chi connectivity index (χ4v) is 2.75. The highest BCUT2D eigenvalue weighted by Crippen LogP contribution is 2.27. The standard InChI is InChI=1S/C17H20F2N2O2/c1-5-13(16-10(3)21-23-11(16)4)17(22)20-9(2)14-7-6-12(18)8-15(14)19/h6-9,13H,5H2,1-4H3,(H,20,22)/t9-,13+/m1/s1. The van der Waals surface area contributed by atoms with Crippen LogP contribution < -0.4 is 5.32 Å². The van der Waals surface area contributed by atoms with E-state index in [1.54, 1.807) is 20.8 Å². The van der Waals surface area contributed by atoms with E-state index >= 15 is 0 Å². The summed E-state index contributed by atoms with van der Waals surface area (Å²) in [4.78, 5) is 12.6. The van der Waals surface area contributed by atoms with Crippen molar-refractivity contribution in [2.45, 2.75) is 46.1 Å². The zero-order valence-electron chi connectivity index (χ0n) is 13.6. The maximum atomic E-state index is 13.8. The van der Waals surface area contributed by atoms with E-state index in [4.69, 9.17) is 4.52 Å². The van der Waals surface area contributed by atoms with Crippen LogP contribution in [0.1, 0.15) is 54.8 Å². The third-order valence-corrected chi connectivity index (χ3v) is 3.95. The van der Waals surface area contributed by atoms with E-state index in [9.17, 15) is 13.6 Å². The van der Waals surface area contributed by atoms with E-state index in [0.29, 0.717) is 17.9 Å². The lowest BCUT2D eigenvalue weighted by molar-refractivity contribution is -0.123. The van der Waals surface area contributed by atoms with Crippen LogP contribution in [-0.4, -0.2) is 11.1 Å². The number of halogens is 2. The number of hydrogen-bond donors (Lipinski definition) is 1. The van der Waals surface area contributed by atoms with Gasteiger partial charge in [-0.2, -0.15) is 0 Å². The van der Waals surface area contributed by atoms with Crippen LogP contribution in [0.5, 0.6) is 0 Å². The molecule has 2 atom stereocenters. The number of aryl methyl sites for hydroxylation is 2. The number of rotatable bonds is 5. The quantitative estimate of drug-likeness (QED) is 0.907. The van der Waals surface area contributed by atoms with Crippen LogP contribution in [0.3, 0.4) is 0 Å². The molecule has 0 aliphatic heterocycles. The van der Waals surface area contributed by atoms with Gasteiger partial charge in [-0.1, -0.05) is 18.1 Å². The molecule has 0 saturated carbocycles. The summed E-state index contributed by atoms with van der Waals surface area (Å²) in [5, 5.41) is 6.65. The van der Waals surface area contributed by atoms with Gasteiger partial charge in [-0.25, -0.2) is 8.78 Å². The Balaban J connectivity index is 2.19. The molecule has 2 aromatic rings. The fourth-order valence-electron chi connectivity index (χ4n) is 2.75. The van der Waals surface area contributed by atoms with E-state index < -0.39 is 23.6 Å². The highest BCUT2D eigenvalue weighted by atomic mass is 19.1. The third-order valence-electron chi connectivity index (χ3n) is 3.95. The first-order valence-electron chi connectivity index (χ1n) is 7.53. The zero-order valence-corrected chi connectivity index (χ0v) is 13.6. The summed E-state index contributed by atoms with van der Waals surface area (Å²) in [6, 6.07) is 2.75. The minimum atomic E-state index is -0.678. The lowest BCUT2D eigenvalue weighted by Crippen LogP contribution is -2.32. The molecule has 0 aliphatic carbocycles. The van der Waals surface area contributed by atoms with Crippen LogP contribution >= 0.6 is 0 Å². The highest BCUT2D eigenvalue weighted by molar-refractivity contribution is 5.84. The van der Waals surface area contributed by atoms with Crippen molar-refractivity contribution in [3.8, 4) is 0 Å². The van der Waals surface area contributed by atoms with Crippen LogP contribution in [0.15, 0.2) is 22.7 Å². The molecule has 6 heteroatoms. The molecule has 1 aromatic carbocycles. The lowest BCUT2D eigenvalue weighted by Gasteiger charge is -2.20. The minimum Gasteiger partial charge on any atom is -0.361 e. The molecule has 1 N–H and O–H groups in total. The Morgan fingerprint density at radius 1 is 1.35 bits per heavy atom. The first kappa shape index (κ1) is 17.1. The number of carbonyl (C=O) groups is 1. The van der Waals surface area contributed by atoms with Crippen molar-refractivity contribution >= 4 is 5.91 Å². The Bertz CT molecular complexity index is 693. The Kier molecular flexibility index (Phi) is 5.13. The molecule has 0 bridgehead atoms. The summed E-state index contributed by atoms with van der Waals surface area (Å²) in [5.74, 6) is -1.38. The van der Waals surface area contributed by atoms with Gasteiger partial charge in [0.1, 0.15) is 17.4 Å². The van der Waals surface area contributed by atoms with E-state index in [2.05, 4.69) is 10.5 Å². The summed E-state index contributed by atoms with van der Waals surface area (Å²) in [6.45, 7) is 7.09. The first-order chi connectivity index (χ1) is 10.8. The normalized spacial score (nSPS) is 13.7. The molecule has 0 unspecified atom stereocenters. The maximum Gasteiger partial charge on any atom is 0.228 e. The molecule has 0 aliphatic rings. The molecular formula is C17H20F2N2O2. The van der Waals surface area contributed by atoms with Gasteiger partial charge in [0.05, 0.1) is 17.7 Å². The number of benzene rings is 1. The fraction of sp³-hybridized carbons (Fsp3) is 0.412. The van der Waals surface area contributed by atoms with Crippen LogP contribution in [-0.2, 0) is 4.79 Å². The molecule has 1 amide bonds. The van der Waals surface area contributed by atoms with E-state index in [0.717, 1.165) is 11.6 Å². The molecule has 23 heavy (non-hydrogen) atoms. The molecule has 124 valence electrons. The second kappa shape index (κ2) is 6.89. The number of nitrogens with one attached hydrogen (secondary N) is 1. The van der Waals surface area contributed by atoms with Crippen molar-refractivity contribution < 1.29 is 18.1 Å². The second-order valence-corrected chi connectivity index (χ2v) is 5.59. The highest BCUT2D eigenvalue weighted by Gasteiger charge is 2.27. The van der Waals surface area contributed by atoms with Crippen molar-refractivity contribution in [2.75, 3.05) is 0 Å². The second-order valence-electron chi connectivity index (χ2n) is 5.59. The van der Waals surface area contributed by atoms with Gasteiger partial charge in [0.2, 0.25) is 5.91 Å². The largest absolute Gasteiger partial charge is 0.361 e. The van der Waals surface area contributed by atoms with Crippen LogP contribution in [0.25, 0.3) is 0 Å². The third kappa shape index (κ3) is 3.57. The van der Waals surface area contributed by atoms with E-state index in [-0.39, 0.29) is 11.5 Å². The number of hydrogen-bond acceptors (Lipinski definition) is 3. The number of aromatic nitrogens is 1. The first-order valence-corrected chi connectivity index (χ1v) is 7.53. The van der Waals surface area contributed by atoms with Crippen molar-refractivity contribution in [1.29, 1.82) is 0 Å². The summed E-state index contributed by atoms with van der Waals surface area (Å²) in [6.07, 6.45) is 0.563. The van der Waals surface area contributed by atoms with Gasteiger partial charge in [-0.15, -0.1) is 0 Å². The Labute approximate surface area is 133 Å². The minimum absolute atomic E-state index is 0.238. The van der Waals surface area contributed by atoms with Gasteiger partial charge in [0.15, 0.2) is 0 Å². The number of nitrogens with zero attached hydrogens (tertiary/aromatic N) is 1. The topological polar surface area (TPSA) is 55.1 Å². The van der Waals surface area contributed by atoms with Crippen LogP contribution in [0.4, 0.5) is 8.78 Å². The molecule has 1 heterocycles. The average Bonchev–Trinajstić information content (AvgIpc) is 2.80. The smallest absolute Gasteiger partial charge is 0.228 e. The monoisotopic (exact) mass is 322 g/mol. The Morgan fingerprint density at radius 3 is 2.57 bits per heavy atom. The summed E-state index contributed by atoms with van der Waals surface area (Å²) in [7, 11) is 0. The maximum absolute atomic E-state index is 13.8.